The molecule has 0 saturated heterocycles. The molecular formula is C12H19NO2. The zero-order valence-corrected chi connectivity index (χ0v) is 9.51. The van der Waals surface area contributed by atoms with E-state index in [1.165, 1.54) is 0 Å². The highest BCUT2D eigenvalue weighted by Gasteiger charge is 2.63. The molecular weight excluding hydrogens is 190 g/mol. The van der Waals surface area contributed by atoms with Crippen LogP contribution in [0.1, 0.15) is 46.0 Å². The lowest BCUT2D eigenvalue weighted by atomic mass is 9.66. The van der Waals surface area contributed by atoms with Crippen molar-refractivity contribution in [2.75, 3.05) is 0 Å². The molecule has 15 heavy (non-hydrogen) atoms. The first kappa shape index (κ1) is 10.7. The van der Waals surface area contributed by atoms with Crippen molar-refractivity contribution in [3.63, 3.8) is 0 Å². The number of rotatable bonds is 3. The van der Waals surface area contributed by atoms with Gasteiger partial charge in [-0.15, -0.1) is 0 Å². The fourth-order valence-corrected chi connectivity index (χ4v) is 3.61. The Balaban J connectivity index is 2.21. The van der Waals surface area contributed by atoms with E-state index in [9.17, 15) is 9.59 Å². The number of nitrogens with two attached hydrogens (primary N) is 1. The van der Waals surface area contributed by atoms with Crippen LogP contribution in [0.15, 0.2) is 0 Å². The molecule has 2 aliphatic rings. The van der Waals surface area contributed by atoms with E-state index in [1.54, 1.807) is 0 Å². The van der Waals surface area contributed by atoms with Crippen LogP contribution in [0.4, 0.5) is 0 Å². The molecule has 0 aromatic carbocycles. The van der Waals surface area contributed by atoms with Crippen LogP contribution in [0.3, 0.4) is 0 Å². The first-order valence-electron chi connectivity index (χ1n) is 5.72. The van der Waals surface area contributed by atoms with E-state index in [4.69, 9.17) is 5.73 Å². The lowest BCUT2D eigenvalue weighted by Crippen LogP contribution is -2.35. The molecule has 1 amide bonds. The van der Waals surface area contributed by atoms with Crippen LogP contribution in [-0.2, 0) is 9.59 Å². The van der Waals surface area contributed by atoms with Crippen molar-refractivity contribution in [2.45, 2.75) is 46.0 Å². The fraction of sp³-hybridized carbons (Fsp3) is 0.833. The van der Waals surface area contributed by atoms with Crippen molar-refractivity contribution in [1.29, 1.82) is 0 Å². The Kier molecular flexibility index (Phi) is 2.18. The Morgan fingerprint density at radius 3 is 2.60 bits per heavy atom. The Bertz CT molecular complexity index is 326. The Morgan fingerprint density at radius 1 is 1.53 bits per heavy atom. The number of primary amides is 1. The molecule has 0 aromatic heterocycles. The van der Waals surface area contributed by atoms with E-state index in [1.807, 2.05) is 0 Å². The zero-order chi connectivity index (χ0) is 11.3. The van der Waals surface area contributed by atoms with Gasteiger partial charge in [0.15, 0.2) is 0 Å². The van der Waals surface area contributed by atoms with Gasteiger partial charge in [0.2, 0.25) is 5.91 Å². The summed E-state index contributed by atoms with van der Waals surface area (Å²) in [6, 6.07) is 0. The van der Waals surface area contributed by atoms with Gasteiger partial charge in [-0.05, 0) is 30.6 Å². The molecule has 2 aliphatic carbocycles. The smallest absolute Gasteiger partial charge is 0.217 e. The van der Waals surface area contributed by atoms with E-state index in [0.717, 1.165) is 19.3 Å². The number of amides is 1. The standard InChI is InChI=1S/C12H19NO2/c1-11(6-4-10(13)15)8-3-5-12(11,2)9(14)7-8/h8H,3-7H2,1-2H3,(H2,13,15)/t8-,11+,12+/m0/s1. The number of ketones is 1. The summed E-state index contributed by atoms with van der Waals surface area (Å²) in [7, 11) is 0. The zero-order valence-electron chi connectivity index (χ0n) is 9.51. The van der Waals surface area contributed by atoms with Crippen molar-refractivity contribution >= 4 is 11.7 Å². The monoisotopic (exact) mass is 209 g/mol. The van der Waals surface area contributed by atoms with Crippen LogP contribution >= 0.6 is 0 Å². The molecule has 0 radical (unpaired) electrons. The normalized spacial score (nSPS) is 43.6. The summed E-state index contributed by atoms with van der Waals surface area (Å²) in [5.41, 5.74) is 5.02. The Morgan fingerprint density at radius 2 is 2.20 bits per heavy atom. The third-order valence-corrected chi connectivity index (χ3v) is 5.09. The fourth-order valence-electron chi connectivity index (χ4n) is 3.61. The average molecular weight is 209 g/mol. The van der Waals surface area contributed by atoms with Gasteiger partial charge in [0, 0.05) is 18.3 Å². The molecule has 3 nitrogen and oxygen atoms in total. The Labute approximate surface area is 90.4 Å². The molecule has 2 N–H and O–H groups in total. The highest BCUT2D eigenvalue weighted by Crippen LogP contribution is 2.65. The minimum absolute atomic E-state index is 0.0130. The summed E-state index contributed by atoms with van der Waals surface area (Å²) in [5.74, 6) is 0.624. The van der Waals surface area contributed by atoms with E-state index >= 15 is 0 Å². The molecule has 2 saturated carbocycles. The van der Waals surface area contributed by atoms with Gasteiger partial charge in [-0.25, -0.2) is 0 Å². The Hall–Kier alpha value is -0.860. The second kappa shape index (κ2) is 3.06. The SMILES string of the molecule is C[C@@]12CC[C@@H](CC1=O)[C@@]2(C)CCC(N)=O. The number of hydrogen-bond acceptors (Lipinski definition) is 2. The number of carbonyl (C=O) groups excluding carboxylic acids is 2. The van der Waals surface area contributed by atoms with Crippen LogP contribution in [-0.4, -0.2) is 11.7 Å². The first-order valence-corrected chi connectivity index (χ1v) is 5.72. The highest BCUT2D eigenvalue weighted by molar-refractivity contribution is 5.89. The van der Waals surface area contributed by atoms with Gasteiger partial charge < -0.3 is 5.73 Å². The minimum Gasteiger partial charge on any atom is -0.370 e. The third-order valence-electron chi connectivity index (χ3n) is 5.09. The quantitative estimate of drug-likeness (QED) is 0.768. The number of Topliss-reactive ketones (excluding diaryl/α,β-unsaturated/α-hetero) is 1. The molecule has 2 rings (SSSR count). The van der Waals surface area contributed by atoms with E-state index < -0.39 is 0 Å². The molecule has 0 aromatic rings. The van der Waals surface area contributed by atoms with Crippen LogP contribution in [0.25, 0.3) is 0 Å². The van der Waals surface area contributed by atoms with Crippen LogP contribution in [0, 0.1) is 16.7 Å². The van der Waals surface area contributed by atoms with Gasteiger partial charge in [-0.2, -0.15) is 0 Å². The van der Waals surface area contributed by atoms with Gasteiger partial charge in [0.1, 0.15) is 5.78 Å². The van der Waals surface area contributed by atoms with Gasteiger partial charge in [-0.3, -0.25) is 9.59 Å². The average Bonchev–Trinajstić information content (AvgIpc) is 2.50. The van der Waals surface area contributed by atoms with Crippen molar-refractivity contribution in [3.05, 3.63) is 0 Å². The van der Waals surface area contributed by atoms with Gasteiger partial charge >= 0.3 is 0 Å². The molecule has 0 unspecified atom stereocenters. The second-order valence-corrected chi connectivity index (χ2v) is 5.58. The molecule has 2 fully saturated rings. The highest BCUT2D eigenvalue weighted by atomic mass is 16.1. The van der Waals surface area contributed by atoms with Crippen LogP contribution in [0.5, 0.6) is 0 Å². The lowest BCUT2D eigenvalue weighted by molar-refractivity contribution is -0.129. The third kappa shape index (κ3) is 1.25. The summed E-state index contributed by atoms with van der Waals surface area (Å²) in [6.07, 6.45) is 4.03. The molecule has 0 heterocycles. The molecule has 84 valence electrons. The predicted molar refractivity (Wildman–Crippen MR) is 57.0 cm³/mol. The molecule has 0 aliphatic heterocycles. The predicted octanol–water partition coefficient (Wildman–Crippen LogP) is 1.65. The van der Waals surface area contributed by atoms with E-state index in [2.05, 4.69) is 13.8 Å². The summed E-state index contributed by atoms with van der Waals surface area (Å²) in [5, 5.41) is 0. The van der Waals surface area contributed by atoms with Crippen molar-refractivity contribution in [3.8, 4) is 0 Å². The van der Waals surface area contributed by atoms with E-state index in [-0.39, 0.29) is 16.7 Å². The van der Waals surface area contributed by atoms with Crippen molar-refractivity contribution in [1.82, 2.24) is 0 Å². The van der Waals surface area contributed by atoms with Crippen LogP contribution in [0.2, 0.25) is 0 Å². The van der Waals surface area contributed by atoms with Gasteiger partial charge in [-0.1, -0.05) is 13.8 Å². The summed E-state index contributed by atoms with van der Waals surface area (Å²) in [6.45, 7) is 4.24. The first-order chi connectivity index (χ1) is 6.90. The lowest BCUT2D eigenvalue weighted by Gasteiger charge is -2.36. The maximum atomic E-state index is 11.9. The molecule has 3 heteroatoms. The van der Waals surface area contributed by atoms with E-state index in [0.29, 0.717) is 24.5 Å². The number of carbonyl (C=O) groups is 2. The van der Waals surface area contributed by atoms with Gasteiger partial charge in [0.25, 0.3) is 0 Å². The van der Waals surface area contributed by atoms with Crippen LogP contribution < -0.4 is 5.73 Å². The summed E-state index contributed by atoms with van der Waals surface area (Å²) >= 11 is 0. The summed E-state index contributed by atoms with van der Waals surface area (Å²) in [4.78, 5) is 22.8. The van der Waals surface area contributed by atoms with Crippen molar-refractivity contribution < 1.29 is 9.59 Å². The molecule has 3 atom stereocenters. The minimum atomic E-state index is -0.251. The van der Waals surface area contributed by atoms with Gasteiger partial charge in [0.05, 0.1) is 0 Å². The topological polar surface area (TPSA) is 60.2 Å². The second-order valence-electron chi connectivity index (χ2n) is 5.58. The largest absolute Gasteiger partial charge is 0.370 e. The maximum Gasteiger partial charge on any atom is 0.217 e. The maximum absolute atomic E-state index is 11.9. The molecule has 2 bridgehead atoms. The number of hydrogen-bond donors (Lipinski definition) is 1. The number of fused-ring (bicyclic) bond motifs is 2. The van der Waals surface area contributed by atoms with Crippen molar-refractivity contribution in [2.24, 2.45) is 22.5 Å². The summed E-state index contributed by atoms with van der Waals surface area (Å²) < 4.78 is 0. The molecule has 0 spiro atoms.